The zero-order chi connectivity index (χ0) is 29.1. The summed E-state index contributed by atoms with van der Waals surface area (Å²) < 4.78 is 19.1. The van der Waals surface area contributed by atoms with Crippen LogP contribution in [0.1, 0.15) is 50.3 Å². The third kappa shape index (κ3) is 5.83. The summed E-state index contributed by atoms with van der Waals surface area (Å²) in [6.45, 7) is 9.62. The molecule has 0 aliphatic carbocycles. The van der Waals surface area contributed by atoms with Crippen LogP contribution in [-0.2, 0) is 4.79 Å². The van der Waals surface area contributed by atoms with E-state index in [4.69, 9.17) is 19.2 Å². The molecule has 0 amide bonds. The van der Waals surface area contributed by atoms with Gasteiger partial charge in [0.15, 0.2) is 17.3 Å². The van der Waals surface area contributed by atoms with Crippen LogP contribution in [0.3, 0.4) is 0 Å². The third-order valence-electron chi connectivity index (χ3n) is 6.21. The normalized spacial score (nSPS) is 11.4. The molecule has 0 atom stereocenters. The number of fused-ring (bicyclic) bond motifs is 1. The summed E-state index contributed by atoms with van der Waals surface area (Å²) in [6, 6.07) is 12.8. The fourth-order valence-corrected chi connectivity index (χ4v) is 5.19. The van der Waals surface area contributed by atoms with E-state index in [9.17, 15) is 9.59 Å². The van der Waals surface area contributed by atoms with Crippen molar-refractivity contribution < 1.29 is 19.0 Å². The van der Waals surface area contributed by atoms with Gasteiger partial charge in [-0.05, 0) is 93.1 Å². The first-order valence-corrected chi connectivity index (χ1v) is 14.2. The summed E-state index contributed by atoms with van der Waals surface area (Å²) in [6.07, 6.45) is 1.54. The molecule has 1 aromatic heterocycles. The Morgan fingerprint density at radius 3 is 2.50 bits per heavy atom. The van der Waals surface area contributed by atoms with E-state index in [1.165, 1.54) is 11.6 Å². The van der Waals surface area contributed by atoms with E-state index in [-0.39, 0.29) is 17.2 Å². The number of carbonyl (C=O) groups is 1. The average molecular weight is 671 g/mol. The number of esters is 1. The first-order valence-electron chi connectivity index (χ1n) is 12.7. The molecule has 1 heterocycles. The lowest BCUT2D eigenvalue weighted by atomic mass is 9.96. The minimum Gasteiger partial charge on any atom is -0.496 e. The Morgan fingerprint density at radius 1 is 1.12 bits per heavy atom. The molecule has 0 bridgehead atoms. The summed E-state index contributed by atoms with van der Waals surface area (Å²) >= 11 is 7.04. The molecular weight excluding hydrogens is 642 g/mol. The molecule has 0 aliphatic heterocycles. The minimum atomic E-state index is -0.482. The predicted octanol–water partition coefficient (Wildman–Crippen LogP) is 7.24. The van der Waals surface area contributed by atoms with E-state index in [1.54, 1.807) is 31.5 Å². The van der Waals surface area contributed by atoms with Crippen molar-refractivity contribution in [3.8, 4) is 28.6 Å². The Kier molecular flexibility index (Phi) is 9.10. The summed E-state index contributed by atoms with van der Waals surface area (Å²) in [5.41, 5.74) is 3.51. The van der Waals surface area contributed by atoms with Crippen LogP contribution < -0.4 is 19.8 Å². The number of carbonyl (C=O) groups excluding carboxylic acids is 1. The summed E-state index contributed by atoms with van der Waals surface area (Å²) in [5, 5.41) is 5.07. The van der Waals surface area contributed by atoms with Gasteiger partial charge < -0.3 is 14.2 Å². The molecule has 0 N–H and O–H groups in total. The molecule has 4 aromatic rings. The molecule has 40 heavy (non-hydrogen) atoms. The van der Waals surface area contributed by atoms with Gasteiger partial charge in [0.05, 0.1) is 35.3 Å². The number of aromatic nitrogens is 2. The minimum absolute atomic E-state index is 0.180. The highest BCUT2D eigenvalue weighted by molar-refractivity contribution is 9.13. The summed E-state index contributed by atoms with van der Waals surface area (Å²) in [4.78, 5) is 30.3. The Hall–Kier alpha value is -3.50. The van der Waals surface area contributed by atoms with Gasteiger partial charge in [-0.1, -0.05) is 26.0 Å². The molecule has 8 nitrogen and oxygen atoms in total. The number of methoxy groups -OCH3 is 1. The maximum absolute atomic E-state index is 13.8. The van der Waals surface area contributed by atoms with E-state index in [0.717, 1.165) is 22.4 Å². The smallest absolute Gasteiger partial charge is 0.308 e. The van der Waals surface area contributed by atoms with Gasteiger partial charge in [-0.2, -0.15) is 9.78 Å². The predicted molar refractivity (Wildman–Crippen MR) is 164 cm³/mol. The Bertz CT molecular complexity index is 1700. The first-order chi connectivity index (χ1) is 19.1. The number of rotatable bonds is 8. The van der Waals surface area contributed by atoms with E-state index in [0.29, 0.717) is 43.6 Å². The summed E-state index contributed by atoms with van der Waals surface area (Å²) in [7, 11) is 1.65. The van der Waals surface area contributed by atoms with Gasteiger partial charge in [-0.3, -0.25) is 9.59 Å². The topological polar surface area (TPSA) is 92.0 Å². The van der Waals surface area contributed by atoms with E-state index >= 15 is 0 Å². The fourth-order valence-electron chi connectivity index (χ4n) is 4.29. The fraction of sp³-hybridized carbons (Fsp3) is 0.267. The van der Waals surface area contributed by atoms with Gasteiger partial charge in [0.1, 0.15) is 5.75 Å². The molecule has 0 spiro atoms. The number of halogens is 2. The molecular formula is C30H29Br2N3O5. The third-order valence-corrected chi connectivity index (χ3v) is 8.35. The second-order valence-corrected chi connectivity index (χ2v) is 10.9. The highest BCUT2D eigenvalue weighted by Crippen LogP contribution is 2.42. The maximum Gasteiger partial charge on any atom is 0.308 e. The Labute approximate surface area is 249 Å². The SMILES string of the molecule is CCOc1cc(C=Nn2c(-c3cc(C(C)C)c(OC)cc3C)nc3ccccc3c2=O)c(Br)c(Br)c1OC(C)=O. The quantitative estimate of drug-likeness (QED) is 0.112. The van der Waals surface area contributed by atoms with Crippen molar-refractivity contribution >= 4 is 54.9 Å². The van der Waals surface area contributed by atoms with Gasteiger partial charge in [0.2, 0.25) is 0 Å². The number of nitrogens with zero attached hydrogens (tertiary/aromatic N) is 3. The van der Waals surface area contributed by atoms with Crippen LogP contribution >= 0.6 is 31.9 Å². The van der Waals surface area contributed by atoms with Crippen LogP contribution in [0.4, 0.5) is 0 Å². The largest absolute Gasteiger partial charge is 0.496 e. The van der Waals surface area contributed by atoms with Gasteiger partial charge in [0, 0.05) is 22.5 Å². The standard InChI is InChI=1S/C30H29Br2N3O5/c1-7-39-25-13-19(26(31)27(32)28(25)40-18(5)36)15-33-35-29(34-23-11-9-8-10-20(23)30(35)37)22-14-21(16(2)3)24(38-6)12-17(22)4/h8-16H,7H2,1-6H3. The molecule has 208 valence electrons. The number of hydrogen-bond acceptors (Lipinski definition) is 7. The first kappa shape index (κ1) is 29.5. The molecule has 0 saturated carbocycles. The van der Waals surface area contributed by atoms with Crippen LogP contribution in [0.15, 0.2) is 61.3 Å². The second kappa shape index (κ2) is 12.3. The second-order valence-electron chi connectivity index (χ2n) is 9.33. The van der Waals surface area contributed by atoms with Gasteiger partial charge in [-0.25, -0.2) is 4.98 Å². The molecule has 0 aliphatic rings. The highest BCUT2D eigenvalue weighted by atomic mass is 79.9. The molecule has 0 unspecified atom stereocenters. The van der Waals surface area contributed by atoms with Crippen molar-refractivity contribution in [2.45, 2.75) is 40.5 Å². The van der Waals surface area contributed by atoms with Crippen molar-refractivity contribution in [1.29, 1.82) is 0 Å². The number of hydrogen-bond donors (Lipinski definition) is 0. The van der Waals surface area contributed by atoms with Crippen molar-refractivity contribution in [1.82, 2.24) is 9.66 Å². The molecule has 0 radical (unpaired) electrons. The van der Waals surface area contributed by atoms with E-state index in [1.807, 2.05) is 38.1 Å². The lowest BCUT2D eigenvalue weighted by molar-refractivity contribution is -0.132. The van der Waals surface area contributed by atoms with Crippen molar-refractivity contribution in [3.05, 3.63) is 78.5 Å². The van der Waals surface area contributed by atoms with Crippen LogP contribution in [0, 0.1) is 6.92 Å². The molecule has 0 fully saturated rings. The van der Waals surface area contributed by atoms with Gasteiger partial charge in [0.25, 0.3) is 5.56 Å². The Morgan fingerprint density at radius 2 is 1.85 bits per heavy atom. The summed E-state index contributed by atoms with van der Waals surface area (Å²) in [5.74, 6) is 1.48. The van der Waals surface area contributed by atoms with Crippen LogP contribution in [0.5, 0.6) is 17.2 Å². The maximum atomic E-state index is 13.8. The highest BCUT2D eigenvalue weighted by Gasteiger charge is 2.20. The van der Waals surface area contributed by atoms with Gasteiger partial charge >= 0.3 is 5.97 Å². The van der Waals surface area contributed by atoms with Crippen molar-refractivity contribution in [2.75, 3.05) is 13.7 Å². The molecule has 4 rings (SSSR count). The van der Waals surface area contributed by atoms with E-state index in [2.05, 4.69) is 50.8 Å². The monoisotopic (exact) mass is 669 g/mol. The van der Waals surface area contributed by atoms with Crippen LogP contribution in [0.25, 0.3) is 22.3 Å². The zero-order valence-corrected chi connectivity index (χ0v) is 26.2. The average Bonchev–Trinajstić information content (AvgIpc) is 2.92. The zero-order valence-electron chi connectivity index (χ0n) is 23.0. The van der Waals surface area contributed by atoms with Crippen LogP contribution in [0.2, 0.25) is 0 Å². The number of aryl methyl sites for hydroxylation is 1. The Balaban J connectivity index is 1.97. The van der Waals surface area contributed by atoms with Crippen LogP contribution in [-0.4, -0.2) is 35.6 Å². The van der Waals surface area contributed by atoms with Crippen molar-refractivity contribution in [3.63, 3.8) is 0 Å². The lowest BCUT2D eigenvalue weighted by Crippen LogP contribution is -2.21. The molecule has 0 saturated heterocycles. The molecule has 10 heteroatoms. The lowest BCUT2D eigenvalue weighted by Gasteiger charge is -2.17. The number of benzene rings is 3. The van der Waals surface area contributed by atoms with Crippen molar-refractivity contribution in [2.24, 2.45) is 5.10 Å². The van der Waals surface area contributed by atoms with E-state index < -0.39 is 5.97 Å². The van der Waals surface area contributed by atoms with Gasteiger partial charge in [-0.15, -0.1) is 0 Å². The molecule has 3 aromatic carbocycles. The number of para-hydroxylation sites is 1. The number of ether oxygens (including phenoxy) is 3.